The van der Waals surface area contributed by atoms with Crippen LogP contribution in [0.25, 0.3) is 0 Å². The van der Waals surface area contributed by atoms with Gasteiger partial charge in [0.2, 0.25) is 11.9 Å². The molecule has 0 bridgehead atoms. The molecule has 0 radical (unpaired) electrons. The minimum atomic E-state index is 0.514. The maximum absolute atomic E-state index is 4.87. The summed E-state index contributed by atoms with van der Waals surface area (Å²) < 4.78 is 2.19. The monoisotopic (exact) mass is 290 g/mol. The summed E-state index contributed by atoms with van der Waals surface area (Å²) >= 11 is 0. The molecule has 0 aromatic carbocycles. The van der Waals surface area contributed by atoms with Crippen LogP contribution in [0.15, 0.2) is 0 Å². The molecule has 3 aliphatic rings. The van der Waals surface area contributed by atoms with Gasteiger partial charge in [0.1, 0.15) is 0 Å². The fourth-order valence-electron chi connectivity index (χ4n) is 3.99. The average molecular weight is 290 g/mol. The number of hydrogen-bond donors (Lipinski definition) is 2. The summed E-state index contributed by atoms with van der Waals surface area (Å²) in [5.41, 5.74) is 0. The Hall–Kier alpha value is -1.30. The van der Waals surface area contributed by atoms with Gasteiger partial charge in [0.25, 0.3) is 0 Å². The molecule has 1 aromatic heterocycles. The van der Waals surface area contributed by atoms with Crippen LogP contribution in [-0.4, -0.2) is 47.5 Å². The van der Waals surface area contributed by atoms with Crippen LogP contribution in [0.3, 0.4) is 0 Å². The van der Waals surface area contributed by atoms with Crippen molar-refractivity contribution in [2.24, 2.45) is 5.92 Å². The van der Waals surface area contributed by atoms with Crippen molar-refractivity contribution in [3.05, 3.63) is 0 Å². The van der Waals surface area contributed by atoms with Gasteiger partial charge in [-0.2, -0.15) is 4.98 Å². The van der Waals surface area contributed by atoms with Crippen molar-refractivity contribution in [1.29, 1.82) is 0 Å². The Bertz CT molecular complexity index is 473. The molecule has 6 nitrogen and oxygen atoms in total. The molecule has 2 unspecified atom stereocenters. The van der Waals surface area contributed by atoms with Gasteiger partial charge in [-0.25, -0.2) is 4.68 Å². The maximum atomic E-state index is 4.87. The highest BCUT2D eigenvalue weighted by atomic mass is 15.5. The Kier molecular flexibility index (Phi) is 3.71. The van der Waals surface area contributed by atoms with Gasteiger partial charge in [-0.1, -0.05) is 0 Å². The van der Waals surface area contributed by atoms with E-state index in [1.807, 2.05) is 0 Å². The van der Waals surface area contributed by atoms with Crippen molar-refractivity contribution in [1.82, 2.24) is 20.1 Å². The number of piperidine rings is 2. The Balaban J connectivity index is 1.56. The first kappa shape index (κ1) is 13.4. The van der Waals surface area contributed by atoms with E-state index in [1.165, 1.54) is 45.1 Å². The van der Waals surface area contributed by atoms with Crippen LogP contribution in [0.4, 0.5) is 11.9 Å². The molecule has 2 N–H and O–H groups in total. The normalized spacial score (nSPS) is 29.8. The summed E-state index contributed by atoms with van der Waals surface area (Å²) in [6.45, 7) is 5.55. The Morgan fingerprint density at radius 3 is 2.71 bits per heavy atom. The van der Waals surface area contributed by atoms with Gasteiger partial charge in [0.05, 0.1) is 6.04 Å². The van der Waals surface area contributed by atoms with Gasteiger partial charge in [-0.3, -0.25) is 0 Å². The molecule has 21 heavy (non-hydrogen) atoms. The van der Waals surface area contributed by atoms with Gasteiger partial charge in [0, 0.05) is 19.6 Å². The van der Waals surface area contributed by atoms with Crippen molar-refractivity contribution < 1.29 is 0 Å². The summed E-state index contributed by atoms with van der Waals surface area (Å²) in [6, 6.07) is 0.514. The summed E-state index contributed by atoms with van der Waals surface area (Å²) in [6.07, 6.45) is 7.66. The van der Waals surface area contributed by atoms with Gasteiger partial charge in [-0.05, 0) is 57.5 Å². The topological polar surface area (TPSA) is 58.0 Å². The second-order valence-corrected chi connectivity index (χ2v) is 6.62. The van der Waals surface area contributed by atoms with Crippen molar-refractivity contribution in [3.63, 3.8) is 0 Å². The van der Waals surface area contributed by atoms with Crippen LogP contribution < -0.4 is 15.5 Å². The predicted octanol–water partition coefficient (Wildman–Crippen LogP) is 1.62. The first-order valence-electron chi connectivity index (χ1n) is 8.58. The van der Waals surface area contributed by atoms with Crippen LogP contribution in [0.2, 0.25) is 0 Å². The molecular formula is C15H26N6. The van der Waals surface area contributed by atoms with Crippen LogP contribution >= 0.6 is 0 Å². The summed E-state index contributed by atoms with van der Waals surface area (Å²) in [5.74, 6) is 2.63. The Labute approximate surface area is 126 Å². The van der Waals surface area contributed by atoms with Crippen LogP contribution in [0, 0.1) is 5.92 Å². The molecule has 2 fully saturated rings. The van der Waals surface area contributed by atoms with Crippen molar-refractivity contribution >= 4 is 11.9 Å². The molecule has 0 aliphatic carbocycles. The van der Waals surface area contributed by atoms with E-state index in [-0.39, 0.29) is 0 Å². The molecule has 0 saturated carbocycles. The Morgan fingerprint density at radius 2 is 1.90 bits per heavy atom. The molecule has 6 heteroatoms. The van der Waals surface area contributed by atoms with E-state index in [0.29, 0.717) is 12.0 Å². The van der Waals surface area contributed by atoms with Gasteiger partial charge in [-0.15, -0.1) is 5.10 Å². The molecule has 3 aliphatic heterocycles. The van der Waals surface area contributed by atoms with Crippen LogP contribution in [0.1, 0.15) is 44.6 Å². The summed E-state index contributed by atoms with van der Waals surface area (Å²) in [7, 11) is 0. The van der Waals surface area contributed by atoms with Gasteiger partial charge < -0.3 is 15.5 Å². The highest BCUT2D eigenvalue weighted by molar-refractivity contribution is 5.39. The zero-order chi connectivity index (χ0) is 14.1. The summed E-state index contributed by atoms with van der Waals surface area (Å²) in [5, 5.41) is 11.8. The Morgan fingerprint density at radius 1 is 1.00 bits per heavy atom. The third kappa shape index (κ3) is 2.61. The highest BCUT2D eigenvalue weighted by Crippen LogP contribution is 2.33. The van der Waals surface area contributed by atoms with Crippen molar-refractivity contribution in [2.45, 2.75) is 44.6 Å². The number of anilines is 2. The van der Waals surface area contributed by atoms with E-state index in [2.05, 4.69) is 20.2 Å². The maximum Gasteiger partial charge on any atom is 0.246 e. The zero-order valence-corrected chi connectivity index (χ0v) is 12.7. The number of nitrogens with one attached hydrogen (secondary N) is 2. The molecule has 2 atom stereocenters. The first-order valence-corrected chi connectivity index (χ1v) is 8.58. The number of rotatable bonds is 2. The molecule has 1 aromatic rings. The third-order valence-corrected chi connectivity index (χ3v) is 5.18. The van der Waals surface area contributed by atoms with Crippen LogP contribution in [0.5, 0.6) is 0 Å². The van der Waals surface area contributed by atoms with E-state index in [9.17, 15) is 0 Å². The van der Waals surface area contributed by atoms with E-state index in [1.54, 1.807) is 0 Å². The van der Waals surface area contributed by atoms with Gasteiger partial charge >= 0.3 is 0 Å². The lowest BCUT2D eigenvalue weighted by Gasteiger charge is -2.34. The molecule has 4 rings (SSSR count). The fraction of sp³-hybridized carbons (Fsp3) is 0.867. The lowest BCUT2D eigenvalue weighted by Crippen LogP contribution is -2.38. The molecular weight excluding hydrogens is 264 g/mol. The minimum Gasteiger partial charge on any atom is -0.354 e. The summed E-state index contributed by atoms with van der Waals surface area (Å²) in [4.78, 5) is 7.12. The zero-order valence-electron chi connectivity index (χ0n) is 12.7. The third-order valence-electron chi connectivity index (χ3n) is 5.18. The van der Waals surface area contributed by atoms with Gasteiger partial charge in [0.15, 0.2) is 0 Å². The average Bonchev–Trinajstić information content (AvgIpc) is 3.00. The highest BCUT2D eigenvalue weighted by Gasteiger charge is 2.31. The molecule has 2 saturated heterocycles. The van der Waals surface area contributed by atoms with Crippen molar-refractivity contribution in [2.75, 3.05) is 42.9 Å². The minimum absolute atomic E-state index is 0.514. The second-order valence-electron chi connectivity index (χ2n) is 6.62. The molecule has 0 spiro atoms. The van der Waals surface area contributed by atoms with E-state index in [4.69, 9.17) is 10.1 Å². The number of fused-ring (bicyclic) bond motifs is 1. The lowest BCUT2D eigenvalue weighted by molar-refractivity contribution is 0.235. The van der Waals surface area contributed by atoms with Crippen LogP contribution in [-0.2, 0) is 0 Å². The van der Waals surface area contributed by atoms with E-state index >= 15 is 0 Å². The standard InChI is InChI=1S/C15H26N6/c1-2-9-20(10-3-1)15-18-14-17-8-6-13(21(14)19-15)12-5-4-7-16-11-12/h12-13,16H,1-11H2,(H,17,18,19). The van der Waals surface area contributed by atoms with Crippen molar-refractivity contribution in [3.8, 4) is 0 Å². The quantitative estimate of drug-likeness (QED) is 0.867. The number of aromatic nitrogens is 3. The number of nitrogens with zero attached hydrogens (tertiary/aromatic N) is 4. The SMILES string of the molecule is C1CCN(c2nc3n(n2)C(C2CCCNC2)CCN3)CC1. The van der Waals surface area contributed by atoms with E-state index in [0.717, 1.165) is 38.1 Å². The number of hydrogen-bond acceptors (Lipinski definition) is 5. The second kappa shape index (κ2) is 5.83. The molecule has 0 amide bonds. The molecule has 116 valence electrons. The lowest BCUT2D eigenvalue weighted by atomic mass is 9.89. The molecule has 4 heterocycles. The first-order chi connectivity index (χ1) is 10.4. The smallest absolute Gasteiger partial charge is 0.246 e. The van der Waals surface area contributed by atoms with E-state index < -0.39 is 0 Å². The largest absolute Gasteiger partial charge is 0.354 e. The predicted molar refractivity (Wildman–Crippen MR) is 83.8 cm³/mol. The fourth-order valence-corrected chi connectivity index (χ4v) is 3.99.